The molecule has 3 saturated heterocycles. The summed E-state index contributed by atoms with van der Waals surface area (Å²) in [4.78, 5) is 45.8. The number of hydrogen-bond acceptors (Lipinski definition) is 10. The van der Waals surface area contributed by atoms with E-state index in [-0.39, 0.29) is 17.9 Å². The Morgan fingerprint density at radius 3 is 2.40 bits per heavy atom. The SMILES string of the molecule is CC1(N)CCN(c2cnc(-c3cccc(N4CCN(Cc5ccc(N6CCC(=O)NC6=O)cn5)CC4)c3Cl)c(N)n2)CC1. The number of hydrogen-bond donors (Lipinski definition) is 3. The molecule has 0 atom stereocenters. The number of carbonyl (C=O) groups is 2. The van der Waals surface area contributed by atoms with Crippen LogP contribution < -0.4 is 31.5 Å². The van der Waals surface area contributed by atoms with Gasteiger partial charge in [-0.3, -0.25) is 24.9 Å². The summed E-state index contributed by atoms with van der Waals surface area (Å²) in [7, 11) is 0. The average Bonchev–Trinajstić information content (AvgIpc) is 2.99. The number of nitrogens with one attached hydrogen (secondary N) is 1. The third kappa shape index (κ3) is 6.36. The highest BCUT2D eigenvalue weighted by atomic mass is 35.5. The third-order valence-corrected chi connectivity index (χ3v) is 8.92. The van der Waals surface area contributed by atoms with Gasteiger partial charge < -0.3 is 21.3 Å². The normalized spacial score (nSPS) is 19.5. The molecule has 6 rings (SSSR count). The van der Waals surface area contributed by atoms with Crippen LogP contribution in [-0.4, -0.2) is 83.1 Å². The Bertz CT molecular complexity index is 1500. The van der Waals surface area contributed by atoms with Crippen LogP contribution in [0.5, 0.6) is 0 Å². The van der Waals surface area contributed by atoms with Crippen LogP contribution in [0.25, 0.3) is 11.3 Å². The number of nitrogens with zero attached hydrogens (tertiary/aromatic N) is 7. The second-order valence-electron chi connectivity index (χ2n) is 11.8. The van der Waals surface area contributed by atoms with E-state index in [1.807, 2.05) is 30.3 Å². The van der Waals surface area contributed by atoms with E-state index in [0.717, 1.165) is 74.9 Å². The van der Waals surface area contributed by atoms with Crippen molar-refractivity contribution in [2.45, 2.75) is 38.3 Å². The van der Waals surface area contributed by atoms with E-state index in [9.17, 15) is 9.59 Å². The lowest BCUT2D eigenvalue weighted by Gasteiger charge is -2.37. The van der Waals surface area contributed by atoms with Gasteiger partial charge in [-0.05, 0) is 38.0 Å². The maximum Gasteiger partial charge on any atom is 0.328 e. The zero-order valence-electron chi connectivity index (χ0n) is 24.3. The number of piperazine rings is 1. The van der Waals surface area contributed by atoms with Crippen molar-refractivity contribution in [3.05, 3.63) is 53.4 Å². The minimum Gasteiger partial charge on any atom is -0.382 e. The van der Waals surface area contributed by atoms with E-state index in [4.69, 9.17) is 28.1 Å². The number of anilines is 4. The lowest BCUT2D eigenvalue weighted by atomic mass is 9.91. The number of pyridine rings is 1. The van der Waals surface area contributed by atoms with E-state index in [0.29, 0.717) is 35.3 Å². The van der Waals surface area contributed by atoms with Crippen molar-refractivity contribution in [3.63, 3.8) is 0 Å². The van der Waals surface area contributed by atoms with Crippen LogP contribution in [0.15, 0.2) is 42.7 Å². The highest BCUT2D eigenvalue weighted by Gasteiger charge is 2.28. The fourth-order valence-corrected chi connectivity index (χ4v) is 6.14. The topological polar surface area (TPSA) is 150 Å². The lowest BCUT2D eigenvalue weighted by molar-refractivity contribution is -0.120. The summed E-state index contributed by atoms with van der Waals surface area (Å²) >= 11 is 6.97. The molecule has 0 bridgehead atoms. The second-order valence-corrected chi connectivity index (χ2v) is 12.1. The maximum absolute atomic E-state index is 12.1. The molecule has 3 fully saturated rings. The highest BCUT2D eigenvalue weighted by molar-refractivity contribution is 6.36. The number of piperidine rings is 1. The molecule has 0 unspecified atom stereocenters. The molecule has 43 heavy (non-hydrogen) atoms. The quantitative estimate of drug-likeness (QED) is 0.383. The molecule has 5 heterocycles. The van der Waals surface area contributed by atoms with Gasteiger partial charge in [0.05, 0.1) is 34.5 Å². The van der Waals surface area contributed by atoms with Crippen LogP contribution in [0.4, 0.5) is 27.8 Å². The first-order valence-electron chi connectivity index (χ1n) is 14.7. The molecule has 0 aliphatic carbocycles. The van der Waals surface area contributed by atoms with Crippen LogP contribution in [0.1, 0.15) is 31.9 Å². The molecule has 0 spiro atoms. The van der Waals surface area contributed by atoms with Crippen LogP contribution in [-0.2, 0) is 11.3 Å². The second kappa shape index (κ2) is 11.9. The summed E-state index contributed by atoms with van der Waals surface area (Å²) in [5.74, 6) is 0.867. The first-order valence-corrected chi connectivity index (χ1v) is 15.0. The van der Waals surface area contributed by atoms with Crippen molar-refractivity contribution in [1.29, 1.82) is 0 Å². The number of aromatic nitrogens is 3. The van der Waals surface area contributed by atoms with Crippen LogP contribution >= 0.6 is 11.6 Å². The van der Waals surface area contributed by atoms with Crippen LogP contribution in [0, 0.1) is 0 Å². The van der Waals surface area contributed by atoms with Gasteiger partial charge in [-0.1, -0.05) is 23.7 Å². The highest BCUT2D eigenvalue weighted by Crippen LogP contribution is 2.38. The van der Waals surface area contributed by atoms with Gasteiger partial charge in [-0.15, -0.1) is 0 Å². The molecule has 3 aromatic rings. The largest absolute Gasteiger partial charge is 0.382 e. The van der Waals surface area contributed by atoms with Crippen molar-refractivity contribution in [2.24, 2.45) is 5.73 Å². The molecule has 3 aliphatic heterocycles. The number of amides is 3. The fourth-order valence-electron chi connectivity index (χ4n) is 5.80. The number of nitrogens with two attached hydrogens (primary N) is 2. The summed E-state index contributed by atoms with van der Waals surface area (Å²) in [5, 5.41) is 2.96. The Morgan fingerprint density at radius 2 is 1.72 bits per heavy atom. The molecular formula is C30H37ClN10O2. The predicted molar refractivity (Wildman–Crippen MR) is 168 cm³/mol. The Morgan fingerprint density at radius 1 is 0.953 bits per heavy atom. The number of benzene rings is 1. The van der Waals surface area contributed by atoms with Gasteiger partial charge in [0.1, 0.15) is 11.5 Å². The number of nitrogen functional groups attached to an aromatic ring is 1. The van der Waals surface area contributed by atoms with Crippen molar-refractivity contribution in [2.75, 3.05) is 66.2 Å². The van der Waals surface area contributed by atoms with E-state index in [1.54, 1.807) is 12.4 Å². The Labute approximate surface area is 256 Å². The van der Waals surface area contributed by atoms with E-state index in [1.165, 1.54) is 4.90 Å². The van der Waals surface area contributed by atoms with E-state index < -0.39 is 6.03 Å². The maximum atomic E-state index is 12.1. The summed E-state index contributed by atoms with van der Waals surface area (Å²) in [6.07, 6.45) is 5.53. The van der Waals surface area contributed by atoms with Gasteiger partial charge >= 0.3 is 6.03 Å². The zero-order chi connectivity index (χ0) is 30.1. The fraction of sp³-hybridized carbons (Fsp3) is 0.433. The van der Waals surface area contributed by atoms with Gasteiger partial charge in [-0.25, -0.2) is 14.8 Å². The minimum absolute atomic E-state index is 0.144. The monoisotopic (exact) mass is 604 g/mol. The predicted octanol–water partition coefficient (Wildman–Crippen LogP) is 2.86. The third-order valence-electron chi connectivity index (χ3n) is 8.52. The Kier molecular flexibility index (Phi) is 8.08. The number of imide groups is 1. The van der Waals surface area contributed by atoms with Gasteiger partial charge in [0.2, 0.25) is 5.91 Å². The van der Waals surface area contributed by atoms with Gasteiger partial charge in [0.25, 0.3) is 0 Å². The van der Waals surface area contributed by atoms with Gasteiger partial charge in [0.15, 0.2) is 5.82 Å². The first-order chi connectivity index (χ1) is 20.7. The number of carbonyl (C=O) groups excluding carboxylic acids is 2. The molecule has 5 N–H and O–H groups in total. The van der Waals surface area contributed by atoms with Crippen molar-refractivity contribution in [1.82, 2.24) is 25.2 Å². The molecular weight excluding hydrogens is 568 g/mol. The molecule has 0 radical (unpaired) electrons. The number of urea groups is 1. The minimum atomic E-state index is -0.408. The Balaban J connectivity index is 1.07. The first kappa shape index (κ1) is 29.1. The molecule has 3 aliphatic rings. The molecule has 226 valence electrons. The van der Waals surface area contributed by atoms with Crippen LogP contribution in [0.3, 0.4) is 0 Å². The Hall–Kier alpha value is -4.00. The van der Waals surface area contributed by atoms with E-state index in [2.05, 4.69) is 36.9 Å². The van der Waals surface area contributed by atoms with Gasteiger partial charge in [0, 0.05) is 69.9 Å². The van der Waals surface area contributed by atoms with Gasteiger partial charge in [-0.2, -0.15) is 0 Å². The van der Waals surface area contributed by atoms with Crippen molar-refractivity contribution < 1.29 is 9.59 Å². The zero-order valence-corrected chi connectivity index (χ0v) is 25.1. The molecule has 13 heteroatoms. The van der Waals surface area contributed by atoms with Crippen LogP contribution in [0.2, 0.25) is 5.02 Å². The summed E-state index contributed by atoms with van der Waals surface area (Å²) < 4.78 is 0. The molecule has 1 aromatic carbocycles. The summed E-state index contributed by atoms with van der Waals surface area (Å²) in [5.41, 5.74) is 16.5. The van der Waals surface area contributed by atoms with E-state index >= 15 is 0 Å². The molecule has 12 nitrogen and oxygen atoms in total. The lowest BCUT2D eigenvalue weighted by Crippen LogP contribution is -2.49. The summed E-state index contributed by atoms with van der Waals surface area (Å²) in [6.45, 7) is 8.08. The number of rotatable bonds is 6. The standard InChI is InChI=1S/C30H37ClN10O2/c1-30(33)8-11-40(12-9-30)24-18-35-27(28(32)36-24)22-3-2-4-23(26(22)31)39-15-13-38(14-16-39)19-20-5-6-21(17-34-20)41-10-7-25(42)37-29(41)43/h2-6,17-18H,7-16,19,33H2,1H3,(H2,32,36)(H,37,42,43). The van der Waals surface area contributed by atoms with Crippen molar-refractivity contribution in [3.8, 4) is 11.3 Å². The number of halogens is 1. The smallest absolute Gasteiger partial charge is 0.328 e. The summed E-state index contributed by atoms with van der Waals surface area (Å²) in [6, 6.07) is 9.35. The molecule has 3 amide bonds. The average molecular weight is 605 g/mol. The molecule has 0 saturated carbocycles. The molecule has 2 aromatic heterocycles. The van der Waals surface area contributed by atoms with Crippen molar-refractivity contribution >= 4 is 46.5 Å².